The standard InChI is InChI=1S/C19H23N5O3/c1-13-2-3-15(21-4-13)9-23-7-14-8-24(16(10-23)12-27-11-14)18-6-20-5-17(22-18)19(25)26/h2-6,14,16H,7-12H2,1H3,(H,25,26)/t14-,16-/m0/s1. The van der Waals surface area contributed by atoms with E-state index in [2.05, 4.69) is 36.9 Å². The van der Waals surface area contributed by atoms with Crippen molar-refractivity contribution in [1.29, 1.82) is 0 Å². The Hall–Kier alpha value is -2.58. The summed E-state index contributed by atoms with van der Waals surface area (Å²) in [6.45, 7) is 6.61. The third kappa shape index (κ3) is 4.06. The van der Waals surface area contributed by atoms with Gasteiger partial charge in [-0.3, -0.25) is 14.9 Å². The van der Waals surface area contributed by atoms with E-state index in [1.165, 1.54) is 6.20 Å². The van der Waals surface area contributed by atoms with Gasteiger partial charge < -0.3 is 14.7 Å². The zero-order valence-electron chi connectivity index (χ0n) is 15.3. The lowest BCUT2D eigenvalue weighted by Crippen LogP contribution is -2.44. The van der Waals surface area contributed by atoms with E-state index in [0.29, 0.717) is 24.9 Å². The number of ether oxygens (including phenoxy) is 1. The van der Waals surface area contributed by atoms with Crippen LogP contribution in [0.25, 0.3) is 0 Å². The van der Waals surface area contributed by atoms with Crippen molar-refractivity contribution in [1.82, 2.24) is 19.9 Å². The summed E-state index contributed by atoms with van der Waals surface area (Å²) < 4.78 is 5.86. The van der Waals surface area contributed by atoms with Crippen LogP contribution in [0.3, 0.4) is 0 Å². The highest BCUT2D eigenvalue weighted by Gasteiger charge is 2.34. The molecule has 1 N–H and O–H groups in total. The van der Waals surface area contributed by atoms with E-state index < -0.39 is 5.97 Å². The van der Waals surface area contributed by atoms with E-state index in [0.717, 1.165) is 37.4 Å². The van der Waals surface area contributed by atoms with Crippen molar-refractivity contribution in [2.24, 2.45) is 5.92 Å². The number of carbonyl (C=O) groups is 1. The Bertz CT molecular complexity index is 813. The van der Waals surface area contributed by atoms with Crippen LogP contribution in [0.5, 0.6) is 0 Å². The summed E-state index contributed by atoms with van der Waals surface area (Å²) in [7, 11) is 0. The number of aryl methyl sites for hydroxylation is 1. The van der Waals surface area contributed by atoms with Gasteiger partial charge in [0.15, 0.2) is 5.69 Å². The van der Waals surface area contributed by atoms with Crippen molar-refractivity contribution >= 4 is 11.8 Å². The molecule has 2 bridgehead atoms. The number of hydrogen-bond donors (Lipinski definition) is 1. The van der Waals surface area contributed by atoms with Gasteiger partial charge in [-0.2, -0.15) is 0 Å². The summed E-state index contributed by atoms with van der Waals surface area (Å²) >= 11 is 0. The second-order valence-corrected chi connectivity index (χ2v) is 7.30. The van der Waals surface area contributed by atoms with Gasteiger partial charge in [0, 0.05) is 38.3 Å². The zero-order valence-corrected chi connectivity index (χ0v) is 15.3. The topological polar surface area (TPSA) is 91.7 Å². The SMILES string of the molecule is Cc1ccc(CN2C[C@@H]3COC[C@H](C2)N(c2cncc(C(=O)O)n2)C3)nc1. The minimum atomic E-state index is -1.06. The number of aromatic nitrogens is 3. The van der Waals surface area contributed by atoms with Crippen LogP contribution >= 0.6 is 0 Å². The highest BCUT2D eigenvalue weighted by Crippen LogP contribution is 2.25. The van der Waals surface area contributed by atoms with Gasteiger partial charge in [0.1, 0.15) is 5.82 Å². The average Bonchev–Trinajstić information content (AvgIpc) is 2.94. The van der Waals surface area contributed by atoms with Crippen LogP contribution in [-0.2, 0) is 11.3 Å². The summed E-state index contributed by atoms with van der Waals surface area (Å²) in [6, 6.07) is 4.26. The Morgan fingerprint density at radius 1 is 1.22 bits per heavy atom. The molecule has 0 spiro atoms. The van der Waals surface area contributed by atoms with Gasteiger partial charge >= 0.3 is 5.97 Å². The molecule has 0 saturated carbocycles. The van der Waals surface area contributed by atoms with Gasteiger partial charge in [-0.15, -0.1) is 0 Å². The molecule has 27 heavy (non-hydrogen) atoms. The number of hydrogen-bond acceptors (Lipinski definition) is 7. The zero-order chi connectivity index (χ0) is 18.8. The lowest BCUT2D eigenvalue weighted by atomic mass is 10.1. The molecule has 8 nitrogen and oxygen atoms in total. The summed E-state index contributed by atoms with van der Waals surface area (Å²) in [5.41, 5.74) is 2.18. The van der Waals surface area contributed by atoms with Crippen molar-refractivity contribution < 1.29 is 14.6 Å². The first-order chi connectivity index (χ1) is 13.1. The molecule has 0 amide bonds. The van der Waals surface area contributed by atoms with E-state index in [1.54, 1.807) is 6.20 Å². The monoisotopic (exact) mass is 369 g/mol. The van der Waals surface area contributed by atoms with Crippen LogP contribution in [0.1, 0.15) is 21.7 Å². The minimum absolute atomic E-state index is 0.0343. The number of carboxylic acids is 1. The van der Waals surface area contributed by atoms with Crippen molar-refractivity contribution in [3.05, 3.63) is 47.7 Å². The molecule has 0 aromatic carbocycles. The van der Waals surface area contributed by atoms with Crippen molar-refractivity contribution in [3.8, 4) is 0 Å². The van der Waals surface area contributed by atoms with E-state index in [-0.39, 0.29) is 11.7 Å². The molecular formula is C19H23N5O3. The van der Waals surface area contributed by atoms with E-state index >= 15 is 0 Å². The summed E-state index contributed by atoms with van der Waals surface area (Å²) in [5, 5.41) is 9.22. The molecule has 4 rings (SSSR count). The van der Waals surface area contributed by atoms with Crippen molar-refractivity contribution in [2.45, 2.75) is 19.5 Å². The fraction of sp³-hybridized carbons (Fsp3) is 0.474. The molecule has 2 atom stereocenters. The molecule has 2 aliphatic rings. The quantitative estimate of drug-likeness (QED) is 0.860. The van der Waals surface area contributed by atoms with Crippen molar-refractivity contribution in [3.63, 3.8) is 0 Å². The molecule has 0 unspecified atom stereocenters. The maximum absolute atomic E-state index is 11.2. The predicted octanol–water partition coefficient (Wildman–Crippen LogP) is 1.22. The van der Waals surface area contributed by atoms with Gasteiger partial charge in [-0.25, -0.2) is 9.78 Å². The maximum atomic E-state index is 11.2. The molecular weight excluding hydrogens is 346 g/mol. The molecule has 2 fully saturated rings. The molecule has 2 aliphatic heterocycles. The minimum Gasteiger partial charge on any atom is -0.476 e. The highest BCUT2D eigenvalue weighted by molar-refractivity contribution is 5.85. The number of carboxylic acid groups (broad SMARTS) is 1. The maximum Gasteiger partial charge on any atom is 0.356 e. The Labute approximate surface area is 157 Å². The smallest absolute Gasteiger partial charge is 0.356 e. The second-order valence-electron chi connectivity index (χ2n) is 7.30. The second kappa shape index (κ2) is 7.58. The lowest BCUT2D eigenvalue weighted by Gasteiger charge is -2.31. The number of pyridine rings is 1. The highest BCUT2D eigenvalue weighted by atomic mass is 16.5. The van der Waals surface area contributed by atoms with E-state index in [1.807, 2.05) is 13.1 Å². The summed E-state index contributed by atoms with van der Waals surface area (Å²) in [5.74, 6) is -0.144. The van der Waals surface area contributed by atoms with Gasteiger partial charge in [-0.05, 0) is 18.6 Å². The molecule has 2 saturated heterocycles. The fourth-order valence-corrected chi connectivity index (χ4v) is 3.77. The normalized spacial score (nSPS) is 23.1. The van der Waals surface area contributed by atoms with Crippen LogP contribution < -0.4 is 4.90 Å². The van der Waals surface area contributed by atoms with Gasteiger partial charge in [0.2, 0.25) is 0 Å². The van der Waals surface area contributed by atoms with Gasteiger partial charge in [0.05, 0.1) is 37.3 Å². The Balaban J connectivity index is 1.55. The predicted molar refractivity (Wildman–Crippen MR) is 98.7 cm³/mol. The summed E-state index contributed by atoms with van der Waals surface area (Å²) in [4.78, 5) is 28.7. The molecule has 0 radical (unpaired) electrons. The first-order valence-electron chi connectivity index (χ1n) is 9.12. The van der Waals surface area contributed by atoms with Crippen LogP contribution in [-0.4, -0.2) is 69.8 Å². The third-order valence-electron chi connectivity index (χ3n) is 5.04. The Morgan fingerprint density at radius 2 is 2.11 bits per heavy atom. The number of fused-ring (bicyclic) bond motifs is 3. The first-order valence-corrected chi connectivity index (χ1v) is 9.12. The fourth-order valence-electron chi connectivity index (χ4n) is 3.77. The first kappa shape index (κ1) is 17.8. The molecule has 8 heteroatoms. The molecule has 4 heterocycles. The summed E-state index contributed by atoms with van der Waals surface area (Å²) in [6.07, 6.45) is 4.82. The van der Waals surface area contributed by atoms with E-state index in [4.69, 9.17) is 4.74 Å². The number of anilines is 1. The number of nitrogens with zero attached hydrogens (tertiary/aromatic N) is 5. The van der Waals surface area contributed by atoms with E-state index in [9.17, 15) is 9.90 Å². The third-order valence-corrected chi connectivity index (χ3v) is 5.04. The molecule has 0 aliphatic carbocycles. The number of aromatic carboxylic acids is 1. The average molecular weight is 369 g/mol. The molecule has 2 aromatic heterocycles. The molecule has 142 valence electrons. The van der Waals surface area contributed by atoms with Crippen LogP contribution in [0.2, 0.25) is 0 Å². The van der Waals surface area contributed by atoms with Gasteiger partial charge in [-0.1, -0.05) is 6.07 Å². The Morgan fingerprint density at radius 3 is 2.89 bits per heavy atom. The van der Waals surface area contributed by atoms with Crippen LogP contribution in [0, 0.1) is 12.8 Å². The lowest BCUT2D eigenvalue weighted by molar-refractivity contribution is 0.0623. The Kier molecular flexibility index (Phi) is 5.00. The van der Waals surface area contributed by atoms with Crippen LogP contribution in [0.4, 0.5) is 5.82 Å². The largest absolute Gasteiger partial charge is 0.476 e. The van der Waals surface area contributed by atoms with Gasteiger partial charge in [0.25, 0.3) is 0 Å². The molecule has 2 aromatic rings. The van der Waals surface area contributed by atoms with Crippen LogP contribution in [0.15, 0.2) is 30.7 Å². The number of rotatable bonds is 4. The van der Waals surface area contributed by atoms with Crippen molar-refractivity contribution in [2.75, 3.05) is 37.7 Å².